The minimum absolute atomic E-state index is 0.0727. The Bertz CT molecular complexity index is 527. The number of hydrogen-bond donors (Lipinski definition) is 2. The van der Waals surface area contributed by atoms with E-state index < -0.39 is 0 Å². The van der Waals surface area contributed by atoms with Gasteiger partial charge in [0.25, 0.3) is 0 Å². The Morgan fingerprint density at radius 1 is 1.33 bits per heavy atom. The molecule has 1 aromatic rings. The summed E-state index contributed by atoms with van der Waals surface area (Å²) in [5.74, 6) is -0.326. The van der Waals surface area contributed by atoms with Crippen LogP contribution in [0, 0.1) is 6.92 Å². The zero-order valence-electron chi connectivity index (χ0n) is 13.4. The van der Waals surface area contributed by atoms with Crippen molar-refractivity contribution in [1.82, 2.24) is 5.32 Å². The van der Waals surface area contributed by atoms with Crippen LogP contribution < -0.4 is 10.6 Å². The molecule has 1 aromatic carbocycles. The second-order valence-electron chi connectivity index (χ2n) is 5.57. The number of hydrogen-bond acceptors (Lipinski definition) is 3. The van der Waals surface area contributed by atoms with Crippen molar-refractivity contribution >= 4 is 29.0 Å². The van der Waals surface area contributed by atoms with Crippen LogP contribution in [0.25, 0.3) is 0 Å². The Morgan fingerprint density at radius 2 is 2.00 bits per heavy atom. The Labute approximate surface area is 132 Å². The molecule has 0 radical (unpaired) electrons. The summed E-state index contributed by atoms with van der Waals surface area (Å²) in [4.78, 5) is 11.8. The first kappa shape index (κ1) is 17.4. The van der Waals surface area contributed by atoms with Gasteiger partial charge in [0.05, 0.1) is 12.2 Å². The van der Waals surface area contributed by atoms with Gasteiger partial charge in [-0.25, -0.2) is 4.79 Å². The summed E-state index contributed by atoms with van der Waals surface area (Å²) in [6.07, 6.45) is 0.955. The summed E-state index contributed by atoms with van der Waals surface area (Å²) in [5.41, 5.74) is 2.27. The highest BCUT2D eigenvalue weighted by molar-refractivity contribution is 7.80. The average Bonchev–Trinajstić information content (AvgIpc) is 2.41. The van der Waals surface area contributed by atoms with Crippen LogP contribution in [-0.4, -0.2) is 23.2 Å². The van der Waals surface area contributed by atoms with E-state index in [0.29, 0.717) is 17.3 Å². The van der Waals surface area contributed by atoms with Crippen LogP contribution in [0.15, 0.2) is 18.2 Å². The molecule has 0 unspecified atom stereocenters. The molecule has 0 amide bonds. The van der Waals surface area contributed by atoms with Gasteiger partial charge in [-0.15, -0.1) is 0 Å². The van der Waals surface area contributed by atoms with Crippen molar-refractivity contribution in [2.75, 3.05) is 11.9 Å². The maximum Gasteiger partial charge on any atom is 0.338 e. The molecule has 0 fully saturated rings. The van der Waals surface area contributed by atoms with Gasteiger partial charge in [0.2, 0.25) is 0 Å². The van der Waals surface area contributed by atoms with Crippen LogP contribution in [0.5, 0.6) is 0 Å². The molecular weight excluding hydrogens is 284 g/mol. The maximum atomic E-state index is 11.8. The zero-order chi connectivity index (χ0) is 16.0. The smallest absolute Gasteiger partial charge is 0.338 e. The molecule has 0 aliphatic carbocycles. The second-order valence-corrected chi connectivity index (χ2v) is 5.97. The predicted molar refractivity (Wildman–Crippen MR) is 90.9 cm³/mol. The molecule has 0 bridgehead atoms. The molecule has 116 valence electrons. The van der Waals surface area contributed by atoms with Gasteiger partial charge in [-0.05, 0) is 64.0 Å². The molecule has 4 nitrogen and oxygen atoms in total. The van der Waals surface area contributed by atoms with Crippen molar-refractivity contribution in [3.63, 3.8) is 0 Å². The minimum atomic E-state index is -0.326. The predicted octanol–water partition coefficient (Wildman–Crippen LogP) is 3.65. The van der Waals surface area contributed by atoms with Crippen molar-refractivity contribution in [2.45, 2.75) is 46.6 Å². The van der Waals surface area contributed by atoms with Crippen LogP contribution in [0.2, 0.25) is 0 Å². The highest BCUT2D eigenvalue weighted by atomic mass is 32.1. The summed E-state index contributed by atoms with van der Waals surface area (Å²) in [5, 5.41) is 6.96. The number of ether oxygens (including phenoxy) is 1. The number of benzene rings is 1. The minimum Gasteiger partial charge on any atom is -0.462 e. The van der Waals surface area contributed by atoms with E-state index in [-0.39, 0.29) is 11.5 Å². The van der Waals surface area contributed by atoms with Gasteiger partial charge in [0.15, 0.2) is 5.11 Å². The van der Waals surface area contributed by atoms with E-state index in [0.717, 1.165) is 17.7 Å². The van der Waals surface area contributed by atoms with Crippen LogP contribution in [0.4, 0.5) is 5.69 Å². The first-order chi connectivity index (χ1) is 9.79. The highest BCUT2D eigenvalue weighted by Crippen LogP contribution is 2.18. The van der Waals surface area contributed by atoms with E-state index in [1.165, 1.54) is 0 Å². The number of rotatable bonds is 5. The fraction of sp³-hybridized carbons (Fsp3) is 0.500. The summed E-state index contributed by atoms with van der Waals surface area (Å²) in [6, 6.07) is 5.40. The third kappa shape index (κ3) is 5.34. The van der Waals surface area contributed by atoms with Crippen LogP contribution in [-0.2, 0) is 4.74 Å². The first-order valence-electron chi connectivity index (χ1n) is 7.16. The molecule has 0 spiro atoms. The molecule has 5 heteroatoms. The van der Waals surface area contributed by atoms with E-state index in [1.807, 2.05) is 13.0 Å². The molecular formula is C16H24N2O2S. The number of esters is 1. The quantitative estimate of drug-likeness (QED) is 0.642. The van der Waals surface area contributed by atoms with E-state index in [9.17, 15) is 4.79 Å². The van der Waals surface area contributed by atoms with Crippen LogP contribution in [0.1, 0.15) is 50.0 Å². The molecule has 1 rings (SSSR count). The molecule has 0 heterocycles. The molecule has 0 aliphatic rings. The number of anilines is 1. The van der Waals surface area contributed by atoms with Gasteiger partial charge >= 0.3 is 5.97 Å². The van der Waals surface area contributed by atoms with Gasteiger partial charge in [0, 0.05) is 11.2 Å². The van der Waals surface area contributed by atoms with Crippen LogP contribution >= 0.6 is 12.2 Å². The van der Waals surface area contributed by atoms with Crippen molar-refractivity contribution < 1.29 is 9.53 Å². The van der Waals surface area contributed by atoms with Gasteiger partial charge in [-0.3, -0.25) is 0 Å². The number of nitrogens with one attached hydrogen (secondary N) is 2. The standard InChI is InChI=1S/C16H24N2O2S/c1-6-16(4,5)18-15(21)17-13-10-12(9-8-11(13)3)14(19)20-7-2/h8-10H,6-7H2,1-5H3,(H2,17,18,21). The van der Waals surface area contributed by atoms with E-state index >= 15 is 0 Å². The third-order valence-electron chi connectivity index (χ3n) is 3.33. The largest absolute Gasteiger partial charge is 0.462 e. The normalized spacial score (nSPS) is 10.9. The summed E-state index contributed by atoms with van der Waals surface area (Å²) >= 11 is 5.33. The second kappa shape index (κ2) is 7.41. The van der Waals surface area contributed by atoms with Crippen LogP contribution in [0.3, 0.4) is 0 Å². The lowest BCUT2D eigenvalue weighted by Crippen LogP contribution is -2.44. The lowest BCUT2D eigenvalue weighted by molar-refractivity contribution is 0.0526. The monoisotopic (exact) mass is 308 g/mol. The molecule has 0 saturated heterocycles. The fourth-order valence-electron chi connectivity index (χ4n) is 1.65. The Balaban J connectivity index is 2.85. The number of carbonyl (C=O) groups is 1. The number of aryl methyl sites for hydroxylation is 1. The Kier molecular flexibility index (Phi) is 6.15. The Hall–Kier alpha value is -1.62. The lowest BCUT2D eigenvalue weighted by Gasteiger charge is -2.26. The SMILES string of the molecule is CCOC(=O)c1ccc(C)c(NC(=S)NC(C)(C)CC)c1. The van der Waals surface area contributed by atoms with Crippen molar-refractivity contribution in [3.05, 3.63) is 29.3 Å². The van der Waals surface area contributed by atoms with Gasteiger partial charge in [0.1, 0.15) is 0 Å². The van der Waals surface area contributed by atoms with Crippen molar-refractivity contribution in [1.29, 1.82) is 0 Å². The van der Waals surface area contributed by atoms with E-state index in [1.54, 1.807) is 19.1 Å². The molecule has 21 heavy (non-hydrogen) atoms. The molecule has 0 aromatic heterocycles. The molecule has 0 saturated carbocycles. The molecule has 2 N–H and O–H groups in total. The molecule has 0 aliphatic heterocycles. The topological polar surface area (TPSA) is 50.4 Å². The summed E-state index contributed by atoms with van der Waals surface area (Å²) in [7, 11) is 0. The highest BCUT2D eigenvalue weighted by Gasteiger charge is 2.16. The number of thiocarbonyl (C=S) groups is 1. The third-order valence-corrected chi connectivity index (χ3v) is 3.54. The zero-order valence-corrected chi connectivity index (χ0v) is 14.2. The Morgan fingerprint density at radius 3 is 2.57 bits per heavy atom. The first-order valence-corrected chi connectivity index (χ1v) is 7.57. The summed E-state index contributed by atoms with van der Waals surface area (Å²) < 4.78 is 5.01. The lowest BCUT2D eigenvalue weighted by atomic mass is 10.0. The van der Waals surface area contributed by atoms with Crippen molar-refractivity contribution in [3.8, 4) is 0 Å². The van der Waals surface area contributed by atoms with E-state index in [4.69, 9.17) is 17.0 Å². The van der Waals surface area contributed by atoms with E-state index in [2.05, 4.69) is 31.4 Å². The van der Waals surface area contributed by atoms with Gasteiger partial charge in [-0.2, -0.15) is 0 Å². The van der Waals surface area contributed by atoms with Gasteiger partial charge in [-0.1, -0.05) is 13.0 Å². The number of carbonyl (C=O) groups excluding carboxylic acids is 1. The average molecular weight is 308 g/mol. The van der Waals surface area contributed by atoms with Crippen molar-refractivity contribution in [2.24, 2.45) is 0 Å². The summed E-state index contributed by atoms with van der Waals surface area (Å²) in [6.45, 7) is 10.4. The fourth-order valence-corrected chi connectivity index (χ4v) is 2.03. The molecule has 0 atom stereocenters. The maximum absolute atomic E-state index is 11.8. The van der Waals surface area contributed by atoms with Gasteiger partial charge < -0.3 is 15.4 Å².